The van der Waals surface area contributed by atoms with Crippen LogP contribution in [0.15, 0.2) is 48.5 Å². The van der Waals surface area contributed by atoms with Gasteiger partial charge in [-0.25, -0.2) is 4.39 Å². The van der Waals surface area contributed by atoms with Crippen LogP contribution in [0, 0.1) is 11.2 Å². The number of carbonyl (C=O) groups is 1. The first-order chi connectivity index (χ1) is 13.6. The number of nitrogens with two attached hydrogens (primary N) is 1. The van der Waals surface area contributed by atoms with Gasteiger partial charge in [0.05, 0.1) is 11.1 Å². The van der Waals surface area contributed by atoms with Gasteiger partial charge in [-0.2, -0.15) is 0 Å². The van der Waals surface area contributed by atoms with Gasteiger partial charge >= 0.3 is 0 Å². The Morgan fingerprint density at radius 1 is 1.17 bits per heavy atom. The number of benzene rings is 2. The van der Waals surface area contributed by atoms with E-state index in [1.165, 1.54) is 18.2 Å². The first-order valence-electron chi connectivity index (χ1n) is 9.84. The molecule has 0 fully saturated rings. The van der Waals surface area contributed by atoms with E-state index < -0.39 is 11.9 Å². The van der Waals surface area contributed by atoms with Gasteiger partial charge in [-0.1, -0.05) is 74.9 Å². The number of rotatable bonds is 7. The van der Waals surface area contributed by atoms with Gasteiger partial charge < -0.3 is 11.1 Å². The number of amides is 1. The second kappa shape index (κ2) is 10.0. The number of hydrogen-bond donors (Lipinski definition) is 2. The molecule has 0 saturated carbocycles. The van der Waals surface area contributed by atoms with Crippen LogP contribution in [0.2, 0.25) is 5.02 Å². The highest BCUT2D eigenvalue weighted by atomic mass is 35.5. The maximum absolute atomic E-state index is 13.4. The average molecular weight is 417 g/mol. The van der Waals surface area contributed by atoms with Gasteiger partial charge in [-0.05, 0) is 54.0 Å². The molecule has 3 N–H and O–H groups in total. The van der Waals surface area contributed by atoms with Gasteiger partial charge in [0, 0.05) is 0 Å². The molecule has 0 radical (unpaired) electrons. The van der Waals surface area contributed by atoms with E-state index in [-0.39, 0.29) is 22.4 Å². The number of hydrogen-bond acceptors (Lipinski definition) is 2. The van der Waals surface area contributed by atoms with Gasteiger partial charge in [0.25, 0.3) is 0 Å². The third-order valence-corrected chi connectivity index (χ3v) is 5.07. The molecular weight excluding hydrogens is 387 g/mol. The van der Waals surface area contributed by atoms with Crippen LogP contribution >= 0.6 is 11.6 Å². The molecule has 5 heteroatoms. The molecule has 0 heterocycles. The molecule has 2 rings (SSSR count). The van der Waals surface area contributed by atoms with Crippen LogP contribution in [-0.4, -0.2) is 5.91 Å². The van der Waals surface area contributed by atoms with E-state index in [1.807, 2.05) is 43.3 Å². The third kappa shape index (κ3) is 6.98. The third-order valence-electron chi connectivity index (χ3n) is 4.78. The zero-order valence-electron chi connectivity index (χ0n) is 17.5. The van der Waals surface area contributed by atoms with Crippen molar-refractivity contribution in [2.75, 3.05) is 0 Å². The molecule has 0 bridgehead atoms. The fourth-order valence-electron chi connectivity index (χ4n) is 3.05. The molecule has 0 saturated heterocycles. The second-order valence-electron chi connectivity index (χ2n) is 8.48. The lowest BCUT2D eigenvalue weighted by Crippen LogP contribution is -2.37. The monoisotopic (exact) mass is 416 g/mol. The molecule has 156 valence electrons. The van der Waals surface area contributed by atoms with Gasteiger partial charge in [0.1, 0.15) is 11.9 Å². The molecular formula is C24H30ClFN2O. The quantitative estimate of drug-likeness (QED) is 0.564. The van der Waals surface area contributed by atoms with Gasteiger partial charge in [0.2, 0.25) is 5.91 Å². The Labute approximate surface area is 178 Å². The Balaban J connectivity index is 2.20. The fourth-order valence-corrected chi connectivity index (χ4v) is 3.24. The van der Waals surface area contributed by atoms with Crippen LogP contribution in [0.25, 0.3) is 6.08 Å². The summed E-state index contributed by atoms with van der Waals surface area (Å²) in [5.74, 6) is -0.851. The maximum atomic E-state index is 13.4. The molecule has 2 aromatic rings. The van der Waals surface area contributed by atoms with Crippen molar-refractivity contribution in [2.45, 2.75) is 52.6 Å². The van der Waals surface area contributed by atoms with Crippen LogP contribution in [0.3, 0.4) is 0 Å². The lowest BCUT2D eigenvalue weighted by Gasteiger charge is -2.26. The second-order valence-corrected chi connectivity index (χ2v) is 8.89. The fraction of sp³-hybridized carbons (Fsp3) is 0.375. The van der Waals surface area contributed by atoms with Crippen molar-refractivity contribution < 1.29 is 9.18 Å². The zero-order chi connectivity index (χ0) is 21.6. The van der Waals surface area contributed by atoms with E-state index in [9.17, 15) is 9.18 Å². The summed E-state index contributed by atoms with van der Waals surface area (Å²) in [6.45, 7) is 8.50. The summed E-state index contributed by atoms with van der Waals surface area (Å²) in [5, 5.41) is 3.02. The summed E-state index contributed by atoms with van der Waals surface area (Å²) in [6.07, 6.45) is 5.74. The minimum absolute atomic E-state index is 0.0467. The van der Waals surface area contributed by atoms with E-state index in [0.29, 0.717) is 5.56 Å². The number of allylic oxidation sites excluding steroid dienone is 1. The minimum Gasteiger partial charge on any atom is -0.348 e. The Morgan fingerprint density at radius 3 is 2.34 bits per heavy atom. The first kappa shape index (κ1) is 23.1. The maximum Gasteiger partial charge on any atom is 0.241 e. The summed E-state index contributed by atoms with van der Waals surface area (Å²) in [7, 11) is 0. The highest BCUT2D eigenvalue weighted by Gasteiger charge is 2.23. The van der Waals surface area contributed by atoms with E-state index >= 15 is 0 Å². The van der Waals surface area contributed by atoms with Crippen LogP contribution < -0.4 is 11.1 Å². The zero-order valence-corrected chi connectivity index (χ0v) is 18.3. The largest absolute Gasteiger partial charge is 0.348 e. The molecule has 0 aliphatic heterocycles. The first-order valence-corrected chi connectivity index (χ1v) is 10.2. The summed E-state index contributed by atoms with van der Waals surface area (Å²) in [6, 6.07) is 11.2. The van der Waals surface area contributed by atoms with Crippen molar-refractivity contribution in [3.05, 3.63) is 76.1 Å². The van der Waals surface area contributed by atoms with Crippen molar-refractivity contribution in [3.63, 3.8) is 0 Å². The lowest BCUT2D eigenvalue weighted by molar-refractivity contribution is -0.123. The topological polar surface area (TPSA) is 55.1 Å². The summed E-state index contributed by atoms with van der Waals surface area (Å²) in [5.41, 5.74) is 8.88. The van der Waals surface area contributed by atoms with E-state index in [1.54, 1.807) is 0 Å². The normalized spacial score (nSPS) is 14.0. The predicted molar refractivity (Wildman–Crippen MR) is 119 cm³/mol. The summed E-state index contributed by atoms with van der Waals surface area (Å²) >= 11 is 5.84. The van der Waals surface area contributed by atoms with Crippen molar-refractivity contribution in [2.24, 2.45) is 11.1 Å². The van der Waals surface area contributed by atoms with Crippen molar-refractivity contribution in [3.8, 4) is 0 Å². The van der Waals surface area contributed by atoms with Crippen molar-refractivity contribution in [1.29, 1.82) is 0 Å². The van der Waals surface area contributed by atoms with Crippen molar-refractivity contribution in [1.82, 2.24) is 5.32 Å². The van der Waals surface area contributed by atoms with Crippen LogP contribution in [0.4, 0.5) is 4.39 Å². The molecule has 2 unspecified atom stereocenters. The molecule has 0 aliphatic rings. The Hall–Kier alpha value is -2.17. The molecule has 1 amide bonds. The smallest absolute Gasteiger partial charge is 0.241 e. The highest BCUT2D eigenvalue weighted by molar-refractivity contribution is 6.30. The highest BCUT2D eigenvalue weighted by Crippen LogP contribution is 2.28. The molecule has 0 aliphatic carbocycles. The Kier molecular flexibility index (Phi) is 8.00. The van der Waals surface area contributed by atoms with Crippen LogP contribution in [-0.2, 0) is 4.79 Å². The summed E-state index contributed by atoms with van der Waals surface area (Å²) in [4.78, 5) is 12.8. The van der Waals surface area contributed by atoms with Gasteiger partial charge in [0.15, 0.2) is 0 Å². The summed E-state index contributed by atoms with van der Waals surface area (Å²) < 4.78 is 13.4. The SMILES string of the molecule is CC=Cc1ccc(C(CCC(C)(C)C)NC(=O)C(N)c2ccc(F)c(Cl)c2)cc1. The van der Waals surface area contributed by atoms with Crippen LogP contribution in [0.5, 0.6) is 0 Å². The Bertz CT molecular complexity index is 856. The molecule has 3 nitrogen and oxygen atoms in total. The van der Waals surface area contributed by atoms with Gasteiger partial charge in [-0.15, -0.1) is 0 Å². The predicted octanol–water partition coefficient (Wildman–Crippen LogP) is 6.20. The lowest BCUT2D eigenvalue weighted by atomic mass is 9.87. The van der Waals surface area contributed by atoms with Gasteiger partial charge in [-0.3, -0.25) is 4.79 Å². The van der Waals surface area contributed by atoms with Crippen molar-refractivity contribution >= 4 is 23.6 Å². The van der Waals surface area contributed by atoms with E-state index in [4.69, 9.17) is 17.3 Å². The molecule has 0 spiro atoms. The number of halogens is 2. The average Bonchev–Trinajstić information content (AvgIpc) is 2.67. The van der Waals surface area contributed by atoms with Crippen LogP contribution in [0.1, 0.15) is 69.3 Å². The van der Waals surface area contributed by atoms with E-state index in [0.717, 1.165) is 24.0 Å². The Morgan fingerprint density at radius 2 is 1.79 bits per heavy atom. The molecule has 2 aromatic carbocycles. The van der Waals surface area contributed by atoms with E-state index in [2.05, 4.69) is 26.1 Å². The standard InChI is InChI=1S/C24H30ClFN2O/c1-5-6-16-7-9-17(10-8-16)21(13-14-24(2,3)4)28-23(29)22(27)18-11-12-20(26)19(25)15-18/h5-12,15,21-22H,13-14,27H2,1-4H3,(H,28,29). The molecule has 0 aromatic heterocycles. The number of carbonyl (C=O) groups excluding carboxylic acids is 1. The molecule has 29 heavy (non-hydrogen) atoms. The number of nitrogens with one attached hydrogen (secondary N) is 1. The molecule has 2 atom stereocenters. The minimum atomic E-state index is -0.924.